The van der Waals surface area contributed by atoms with E-state index >= 15 is 0 Å². The molecule has 2 rings (SSSR count). The van der Waals surface area contributed by atoms with Gasteiger partial charge in [-0.25, -0.2) is 0 Å². The molecule has 0 saturated heterocycles. The molecule has 1 atom stereocenters. The second-order valence-electron chi connectivity index (χ2n) is 5.94. The summed E-state index contributed by atoms with van der Waals surface area (Å²) in [5, 5.41) is 2.88. The zero-order valence-electron chi connectivity index (χ0n) is 15.4. The molecule has 134 valence electrons. The van der Waals surface area contributed by atoms with Crippen molar-refractivity contribution in [2.75, 3.05) is 14.2 Å². The van der Waals surface area contributed by atoms with Crippen molar-refractivity contribution < 1.29 is 19.0 Å². The van der Waals surface area contributed by atoms with Gasteiger partial charge in [-0.15, -0.1) is 0 Å². The standard InChI is InChI=1S/C20H25NO4/c1-13-6-7-14(2)18(10-13)25-15(3)20(22)21-12-16-8-9-17(23-4)19(11-16)24-5/h6-11,15H,12H2,1-5H3,(H,21,22)/t15-/m1/s1. The summed E-state index contributed by atoms with van der Waals surface area (Å²) in [5.74, 6) is 1.85. The fourth-order valence-corrected chi connectivity index (χ4v) is 2.40. The van der Waals surface area contributed by atoms with Crippen LogP contribution in [0.25, 0.3) is 0 Å². The van der Waals surface area contributed by atoms with Gasteiger partial charge in [-0.05, 0) is 55.7 Å². The van der Waals surface area contributed by atoms with Gasteiger partial charge < -0.3 is 19.5 Å². The predicted octanol–water partition coefficient (Wildman–Crippen LogP) is 3.40. The van der Waals surface area contributed by atoms with Crippen LogP contribution >= 0.6 is 0 Å². The Morgan fingerprint density at radius 2 is 1.72 bits per heavy atom. The van der Waals surface area contributed by atoms with E-state index in [-0.39, 0.29) is 5.91 Å². The number of benzene rings is 2. The summed E-state index contributed by atoms with van der Waals surface area (Å²) >= 11 is 0. The first-order valence-electron chi connectivity index (χ1n) is 8.17. The smallest absolute Gasteiger partial charge is 0.261 e. The van der Waals surface area contributed by atoms with Gasteiger partial charge in [0.25, 0.3) is 5.91 Å². The molecule has 2 aromatic rings. The molecule has 0 heterocycles. The number of carbonyl (C=O) groups excluding carboxylic acids is 1. The maximum atomic E-state index is 12.3. The van der Waals surface area contributed by atoms with Crippen LogP contribution in [0.2, 0.25) is 0 Å². The maximum absolute atomic E-state index is 12.3. The van der Waals surface area contributed by atoms with Crippen LogP contribution in [0.5, 0.6) is 17.2 Å². The highest BCUT2D eigenvalue weighted by atomic mass is 16.5. The predicted molar refractivity (Wildman–Crippen MR) is 97.4 cm³/mol. The zero-order valence-corrected chi connectivity index (χ0v) is 15.4. The molecule has 1 amide bonds. The molecule has 5 heteroatoms. The van der Waals surface area contributed by atoms with E-state index in [1.54, 1.807) is 21.1 Å². The van der Waals surface area contributed by atoms with Crippen LogP contribution in [0.1, 0.15) is 23.6 Å². The van der Waals surface area contributed by atoms with Gasteiger partial charge in [0, 0.05) is 6.54 Å². The van der Waals surface area contributed by atoms with Gasteiger partial charge in [-0.1, -0.05) is 18.2 Å². The number of carbonyl (C=O) groups is 1. The Bertz CT molecular complexity index is 742. The number of rotatable bonds is 7. The van der Waals surface area contributed by atoms with Gasteiger partial charge >= 0.3 is 0 Å². The van der Waals surface area contributed by atoms with Gasteiger partial charge in [0.15, 0.2) is 17.6 Å². The lowest BCUT2D eigenvalue weighted by atomic mass is 10.1. The number of aryl methyl sites for hydroxylation is 2. The van der Waals surface area contributed by atoms with Crippen LogP contribution in [0.4, 0.5) is 0 Å². The third-order valence-corrected chi connectivity index (χ3v) is 3.93. The van der Waals surface area contributed by atoms with E-state index < -0.39 is 6.10 Å². The third kappa shape index (κ3) is 4.89. The van der Waals surface area contributed by atoms with Crippen LogP contribution in [-0.4, -0.2) is 26.2 Å². The molecule has 0 aliphatic carbocycles. The second kappa shape index (κ2) is 8.42. The first kappa shape index (κ1) is 18.6. The van der Waals surface area contributed by atoms with Gasteiger partial charge in [-0.3, -0.25) is 4.79 Å². The summed E-state index contributed by atoms with van der Waals surface area (Å²) < 4.78 is 16.3. The molecule has 0 radical (unpaired) electrons. The van der Waals surface area contributed by atoms with Gasteiger partial charge in [0.05, 0.1) is 14.2 Å². The molecule has 25 heavy (non-hydrogen) atoms. The number of nitrogens with one attached hydrogen (secondary N) is 1. The lowest BCUT2D eigenvalue weighted by Gasteiger charge is -2.17. The molecule has 0 spiro atoms. The number of hydrogen-bond acceptors (Lipinski definition) is 4. The molecule has 0 unspecified atom stereocenters. The molecule has 0 saturated carbocycles. The fraction of sp³-hybridized carbons (Fsp3) is 0.350. The molecule has 5 nitrogen and oxygen atoms in total. The average Bonchev–Trinajstić information content (AvgIpc) is 2.62. The van der Waals surface area contributed by atoms with E-state index in [2.05, 4.69) is 5.32 Å². The number of ether oxygens (including phenoxy) is 3. The summed E-state index contributed by atoms with van der Waals surface area (Å²) in [4.78, 5) is 12.3. The fourth-order valence-electron chi connectivity index (χ4n) is 2.40. The zero-order chi connectivity index (χ0) is 18.4. The van der Waals surface area contributed by atoms with E-state index in [4.69, 9.17) is 14.2 Å². The molecule has 0 fully saturated rings. The first-order chi connectivity index (χ1) is 11.9. The molecule has 2 aromatic carbocycles. The molecule has 0 bridgehead atoms. The van der Waals surface area contributed by atoms with Crippen molar-refractivity contribution >= 4 is 5.91 Å². The van der Waals surface area contributed by atoms with E-state index in [1.807, 2.05) is 50.2 Å². The molecule has 0 aromatic heterocycles. The lowest BCUT2D eigenvalue weighted by Crippen LogP contribution is -2.36. The highest BCUT2D eigenvalue weighted by molar-refractivity contribution is 5.80. The van der Waals surface area contributed by atoms with E-state index in [0.29, 0.717) is 18.0 Å². The van der Waals surface area contributed by atoms with E-state index in [1.165, 1.54) is 0 Å². The minimum atomic E-state index is -0.583. The highest BCUT2D eigenvalue weighted by Gasteiger charge is 2.16. The first-order valence-corrected chi connectivity index (χ1v) is 8.17. The van der Waals surface area contributed by atoms with Crippen molar-refractivity contribution in [3.05, 3.63) is 53.1 Å². The van der Waals surface area contributed by atoms with Crippen LogP contribution in [0.15, 0.2) is 36.4 Å². The van der Waals surface area contributed by atoms with Crippen molar-refractivity contribution in [3.8, 4) is 17.2 Å². The van der Waals surface area contributed by atoms with Crippen molar-refractivity contribution in [2.45, 2.75) is 33.4 Å². The second-order valence-corrected chi connectivity index (χ2v) is 5.94. The summed E-state index contributed by atoms with van der Waals surface area (Å²) in [6.07, 6.45) is -0.583. The van der Waals surface area contributed by atoms with E-state index in [9.17, 15) is 4.79 Å². The van der Waals surface area contributed by atoms with Crippen LogP contribution in [0, 0.1) is 13.8 Å². The number of amides is 1. The minimum Gasteiger partial charge on any atom is -0.493 e. The third-order valence-electron chi connectivity index (χ3n) is 3.93. The normalized spacial score (nSPS) is 11.6. The Labute approximate surface area is 148 Å². The Morgan fingerprint density at radius 1 is 1.00 bits per heavy atom. The Hall–Kier alpha value is -2.69. The van der Waals surface area contributed by atoms with Crippen LogP contribution in [-0.2, 0) is 11.3 Å². The SMILES string of the molecule is COc1ccc(CNC(=O)[C@@H](C)Oc2cc(C)ccc2C)cc1OC. The summed E-state index contributed by atoms with van der Waals surface area (Å²) in [5.41, 5.74) is 3.02. The Morgan fingerprint density at radius 3 is 2.40 bits per heavy atom. The molecule has 1 N–H and O–H groups in total. The van der Waals surface area contributed by atoms with Gasteiger partial charge in [0.1, 0.15) is 5.75 Å². The quantitative estimate of drug-likeness (QED) is 0.837. The largest absolute Gasteiger partial charge is 0.493 e. The molecular formula is C20H25NO4. The molecule has 0 aliphatic heterocycles. The molecule has 0 aliphatic rings. The van der Waals surface area contributed by atoms with Gasteiger partial charge in [-0.2, -0.15) is 0 Å². The summed E-state index contributed by atoms with van der Waals surface area (Å²) in [6, 6.07) is 11.5. The Balaban J connectivity index is 1.96. The topological polar surface area (TPSA) is 56.8 Å². The van der Waals surface area contributed by atoms with Crippen molar-refractivity contribution in [3.63, 3.8) is 0 Å². The molecular weight excluding hydrogens is 318 g/mol. The summed E-state index contributed by atoms with van der Waals surface area (Å²) in [7, 11) is 3.17. The monoisotopic (exact) mass is 343 g/mol. The highest BCUT2D eigenvalue weighted by Crippen LogP contribution is 2.27. The van der Waals surface area contributed by atoms with E-state index in [0.717, 1.165) is 22.4 Å². The Kier molecular flexibility index (Phi) is 6.28. The number of methoxy groups -OCH3 is 2. The van der Waals surface area contributed by atoms with Crippen LogP contribution in [0.3, 0.4) is 0 Å². The van der Waals surface area contributed by atoms with Crippen molar-refractivity contribution in [2.24, 2.45) is 0 Å². The minimum absolute atomic E-state index is 0.171. The van der Waals surface area contributed by atoms with Gasteiger partial charge in [0.2, 0.25) is 0 Å². The maximum Gasteiger partial charge on any atom is 0.261 e. The van der Waals surface area contributed by atoms with Crippen molar-refractivity contribution in [1.82, 2.24) is 5.32 Å². The van der Waals surface area contributed by atoms with Crippen LogP contribution < -0.4 is 19.5 Å². The lowest BCUT2D eigenvalue weighted by molar-refractivity contribution is -0.127. The van der Waals surface area contributed by atoms with Crippen molar-refractivity contribution in [1.29, 1.82) is 0 Å². The number of hydrogen-bond donors (Lipinski definition) is 1. The summed E-state index contributed by atoms with van der Waals surface area (Å²) in [6.45, 7) is 6.09. The average molecular weight is 343 g/mol.